The first-order chi connectivity index (χ1) is 7.93. The Bertz CT molecular complexity index is 326. The molecule has 2 aliphatic rings. The number of aromatic nitrogens is 1. The molecule has 0 bridgehead atoms. The summed E-state index contributed by atoms with van der Waals surface area (Å²) >= 11 is 1.69. The molecule has 0 spiro atoms. The molecule has 88 valence electrons. The second-order valence-electron chi connectivity index (χ2n) is 4.71. The van der Waals surface area contributed by atoms with Gasteiger partial charge in [-0.25, -0.2) is 4.98 Å². The summed E-state index contributed by atoms with van der Waals surface area (Å²) < 4.78 is 5.87. The van der Waals surface area contributed by atoms with Crippen LogP contribution in [0.15, 0.2) is 10.9 Å². The Morgan fingerprint density at radius 1 is 1.44 bits per heavy atom. The van der Waals surface area contributed by atoms with Crippen LogP contribution in [-0.2, 0) is 11.3 Å². The van der Waals surface area contributed by atoms with Crippen molar-refractivity contribution in [3.05, 3.63) is 16.6 Å². The predicted molar refractivity (Wildman–Crippen MR) is 64.5 cm³/mol. The van der Waals surface area contributed by atoms with Gasteiger partial charge in [0.15, 0.2) is 0 Å². The van der Waals surface area contributed by atoms with Gasteiger partial charge in [-0.1, -0.05) is 12.8 Å². The average Bonchev–Trinajstić information content (AvgIpc) is 2.82. The Hall–Kier alpha value is -0.450. The van der Waals surface area contributed by atoms with Crippen LogP contribution in [0.4, 0.5) is 0 Å². The fourth-order valence-electron chi connectivity index (χ4n) is 2.90. The fraction of sp³-hybridized carbons (Fsp3) is 0.750. The van der Waals surface area contributed by atoms with Crippen molar-refractivity contribution >= 4 is 11.3 Å². The topological polar surface area (TPSA) is 25.4 Å². The third-order valence-electron chi connectivity index (χ3n) is 3.70. The van der Waals surface area contributed by atoms with Crippen LogP contribution in [0.5, 0.6) is 0 Å². The molecule has 2 atom stereocenters. The molecule has 1 aliphatic heterocycles. The highest BCUT2D eigenvalue weighted by Gasteiger charge is 2.34. The monoisotopic (exact) mass is 238 g/mol. The Morgan fingerprint density at radius 2 is 2.38 bits per heavy atom. The zero-order valence-corrected chi connectivity index (χ0v) is 10.3. The van der Waals surface area contributed by atoms with Crippen molar-refractivity contribution in [3.8, 4) is 0 Å². The summed E-state index contributed by atoms with van der Waals surface area (Å²) in [4.78, 5) is 6.96. The van der Waals surface area contributed by atoms with E-state index in [4.69, 9.17) is 4.74 Å². The van der Waals surface area contributed by atoms with Gasteiger partial charge in [0.1, 0.15) is 0 Å². The highest BCUT2D eigenvalue weighted by Crippen LogP contribution is 2.29. The summed E-state index contributed by atoms with van der Waals surface area (Å²) in [7, 11) is 0. The van der Waals surface area contributed by atoms with Crippen LogP contribution in [0.3, 0.4) is 0 Å². The van der Waals surface area contributed by atoms with Gasteiger partial charge in [0, 0.05) is 24.5 Å². The van der Waals surface area contributed by atoms with Crippen molar-refractivity contribution in [2.24, 2.45) is 0 Å². The van der Waals surface area contributed by atoms with Gasteiger partial charge in [-0.05, 0) is 12.8 Å². The van der Waals surface area contributed by atoms with Crippen LogP contribution in [-0.4, -0.2) is 35.2 Å². The number of nitrogens with zero attached hydrogens (tertiary/aromatic N) is 2. The molecule has 0 radical (unpaired) electrons. The van der Waals surface area contributed by atoms with Gasteiger partial charge in [0.05, 0.1) is 23.9 Å². The fourth-order valence-corrected chi connectivity index (χ4v) is 3.45. The largest absolute Gasteiger partial charge is 0.375 e. The van der Waals surface area contributed by atoms with Gasteiger partial charge in [0.25, 0.3) is 0 Å². The standard InChI is InChI=1S/C12H18N2OS/c1-2-4-12-11(3-1)14(5-6-15-12)7-10-8-16-9-13-10/h8-9,11-12H,1-7H2/t11-,12+/m0/s1. The quantitative estimate of drug-likeness (QED) is 0.790. The molecule has 1 aromatic heterocycles. The van der Waals surface area contributed by atoms with E-state index >= 15 is 0 Å². The van der Waals surface area contributed by atoms with Gasteiger partial charge in [-0.2, -0.15) is 0 Å². The first kappa shape index (κ1) is 10.7. The number of rotatable bonds is 2. The lowest BCUT2D eigenvalue weighted by Gasteiger charge is -2.43. The van der Waals surface area contributed by atoms with Gasteiger partial charge in [-0.15, -0.1) is 11.3 Å². The highest BCUT2D eigenvalue weighted by atomic mass is 32.1. The van der Waals surface area contributed by atoms with E-state index in [9.17, 15) is 0 Å². The zero-order chi connectivity index (χ0) is 10.8. The molecule has 1 aromatic rings. The molecule has 0 unspecified atom stereocenters. The van der Waals surface area contributed by atoms with E-state index in [0.717, 1.165) is 19.7 Å². The van der Waals surface area contributed by atoms with Crippen LogP contribution in [0.25, 0.3) is 0 Å². The van der Waals surface area contributed by atoms with Crippen molar-refractivity contribution in [1.82, 2.24) is 9.88 Å². The second kappa shape index (κ2) is 4.82. The molecule has 3 nitrogen and oxygen atoms in total. The summed E-state index contributed by atoms with van der Waals surface area (Å²) in [5.74, 6) is 0. The Kier molecular flexibility index (Phi) is 3.22. The highest BCUT2D eigenvalue weighted by molar-refractivity contribution is 7.07. The van der Waals surface area contributed by atoms with E-state index in [2.05, 4.69) is 15.3 Å². The number of hydrogen-bond acceptors (Lipinski definition) is 4. The number of ether oxygens (including phenoxy) is 1. The van der Waals surface area contributed by atoms with Crippen molar-refractivity contribution in [1.29, 1.82) is 0 Å². The molecule has 3 rings (SSSR count). The molecule has 1 aliphatic carbocycles. The molecule has 2 fully saturated rings. The van der Waals surface area contributed by atoms with E-state index in [1.54, 1.807) is 11.3 Å². The van der Waals surface area contributed by atoms with E-state index in [1.165, 1.54) is 31.4 Å². The molecule has 0 N–H and O–H groups in total. The molecule has 0 amide bonds. The van der Waals surface area contributed by atoms with Gasteiger partial charge >= 0.3 is 0 Å². The number of hydrogen-bond donors (Lipinski definition) is 0. The van der Waals surface area contributed by atoms with E-state index < -0.39 is 0 Å². The SMILES string of the molecule is c1nc(CN2CCO[C@@H]3CCCC[C@@H]32)cs1. The molecule has 1 saturated carbocycles. The van der Waals surface area contributed by atoms with Gasteiger partial charge in [0.2, 0.25) is 0 Å². The van der Waals surface area contributed by atoms with Crippen molar-refractivity contribution in [3.63, 3.8) is 0 Å². The molecular weight excluding hydrogens is 220 g/mol. The lowest BCUT2D eigenvalue weighted by Crippen LogP contribution is -2.52. The van der Waals surface area contributed by atoms with Gasteiger partial charge < -0.3 is 4.74 Å². The van der Waals surface area contributed by atoms with Crippen LogP contribution in [0.1, 0.15) is 31.4 Å². The van der Waals surface area contributed by atoms with E-state index in [0.29, 0.717) is 12.1 Å². The van der Waals surface area contributed by atoms with E-state index in [-0.39, 0.29) is 0 Å². The molecule has 1 saturated heterocycles. The maximum atomic E-state index is 5.87. The Morgan fingerprint density at radius 3 is 3.25 bits per heavy atom. The Labute approximate surface area is 100 Å². The molecule has 2 heterocycles. The predicted octanol–water partition coefficient (Wildman–Crippen LogP) is 2.29. The first-order valence-electron chi connectivity index (χ1n) is 6.16. The smallest absolute Gasteiger partial charge is 0.0795 e. The summed E-state index contributed by atoms with van der Waals surface area (Å²) in [5, 5.41) is 2.16. The minimum atomic E-state index is 0.487. The third kappa shape index (κ3) is 2.14. The molecule has 16 heavy (non-hydrogen) atoms. The lowest BCUT2D eigenvalue weighted by atomic mass is 9.90. The average molecular weight is 238 g/mol. The maximum absolute atomic E-state index is 5.87. The van der Waals surface area contributed by atoms with E-state index in [1.807, 2.05) is 5.51 Å². The summed E-state index contributed by atoms with van der Waals surface area (Å²) in [5.41, 5.74) is 3.14. The minimum Gasteiger partial charge on any atom is -0.375 e. The summed E-state index contributed by atoms with van der Waals surface area (Å²) in [6, 6.07) is 0.643. The summed E-state index contributed by atoms with van der Waals surface area (Å²) in [6.45, 7) is 2.97. The lowest BCUT2D eigenvalue weighted by molar-refractivity contribution is -0.0914. The molecular formula is C12H18N2OS. The van der Waals surface area contributed by atoms with Crippen LogP contribution >= 0.6 is 11.3 Å². The van der Waals surface area contributed by atoms with Crippen molar-refractivity contribution < 1.29 is 4.74 Å². The van der Waals surface area contributed by atoms with Crippen molar-refractivity contribution in [2.75, 3.05) is 13.2 Å². The normalized spacial score (nSPS) is 31.2. The number of fused-ring (bicyclic) bond motifs is 1. The second-order valence-corrected chi connectivity index (χ2v) is 5.43. The first-order valence-corrected chi connectivity index (χ1v) is 7.10. The van der Waals surface area contributed by atoms with Crippen LogP contribution in [0.2, 0.25) is 0 Å². The number of morpholine rings is 1. The van der Waals surface area contributed by atoms with Crippen molar-refractivity contribution in [2.45, 2.75) is 44.4 Å². The van der Waals surface area contributed by atoms with Gasteiger partial charge in [-0.3, -0.25) is 4.90 Å². The maximum Gasteiger partial charge on any atom is 0.0795 e. The Balaban J connectivity index is 1.68. The summed E-state index contributed by atoms with van der Waals surface area (Å²) in [6.07, 6.45) is 5.73. The number of thiazole rings is 1. The third-order valence-corrected chi connectivity index (χ3v) is 4.33. The minimum absolute atomic E-state index is 0.487. The molecule has 4 heteroatoms. The zero-order valence-electron chi connectivity index (χ0n) is 9.47. The molecule has 0 aromatic carbocycles. The van der Waals surface area contributed by atoms with Crippen LogP contribution < -0.4 is 0 Å². The van der Waals surface area contributed by atoms with Crippen LogP contribution in [0, 0.1) is 0 Å².